The predicted octanol–water partition coefficient (Wildman–Crippen LogP) is 5.40. The Morgan fingerprint density at radius 1 is 0.400 bits per heavy atom. The molecule has 0 amide bonds. The summed E-state index contributed by atoms with van der Waals surface area (Å²) in [6.45, 7) is 4.05. The molecule has 0 unspecified atom stereocenters. The van der Waals surface area contributed by atoms with E-state index in [0.29, 0.717) is 52.7 Å². The Balaban J connectivity index is 1.69. The fraction of sp³-hybridized carbons (Fsp3) is 0.235. The summed E-state index contributed by atoms with van der Waals surface area (Å²) in [5, 5.41) is 0. The quantitative estimate of drug-likeness (QED) is 0.147. The van der Waals surface area contributed by atoms with Gasteiger partial charge in [0.1, 0.15) is 24.7 Å². The van der Waals surface area contributed by atoms with Gasteiger partial charge in [-0.2, -0.15) is 0 Å². The van der Waals surface area contributed by atoms with Crippen molar-refractivity contribution in [1.29, 1.82) is 0 Å². The van der Waals surface area contributed by atoms with Crippen molar-refractivity contribution in [2.75, 3.05) is 52.7 Å². The molecule has 6 nitrogen and oxygen atoms in total. The average molecular weight is 539 g/mol. The molecule has 0 aliphatic rings. The van der Waals surface area contributed by atoms with E-state index in [1.807, 2.05) is 36.4 Å². The fourth-order valence-electron chi connectivity index (χ4n) is 4.36. The van der Waals surface area contributed by atoms with E-state index in [1.165, 1.54) is 0 Å². The van der Waals surface area contributed by atoms with Crippen LogP contribution in [0.2, 0.25) is 0 Å². The molecule has 4 rings (SSSR count). The lowest BCUT2D eigenvalue weighted by atomic mass is 9.86. The van der Waals surface area contributed by atoms with Crippen LogP contribution < -0.4 is 20.9 Å². The minimum atomic E-state index is 0.476. The Labute approximate surface area is 237 Å². The van der Waals surface area contributed by atoms with Gasteiger partial charge in [0, 0.05) is 13.1 Å². The van der Waals surface area contributed by atoms with E-state index in [0.717, 1.165) is 44.9 Å². The third-order valence-electron chi connectivity index (χ3n) is 6.18. The third kappa shape index (κ3) is 8.53. The number of rotatable bonds is 16. The number of benzene rings is 4. The smallest absolute Gasteiger partial charge is 0.119 e. The zero-order valence-electron chi connectivity index (χ0n) is 22.8. The van der Waals surface area contributed by atoms with Gasteiger partial charge in [0.25, 0.3) is 0 Å². The highest BCUT2D eigenvalue weighted by atomic mass is 16.5. The SMILES string of the molecule is NCCOCCOc1ccc(/C(=C(\c2ccccc2)c2ccc(OCCOCCN)cc2)c2ccccc2)cc1. The largest absolute Gasteiger partial charge is 0.491 e. The van der Waals surface area contributed by atoms with Gasteiger partial charge in [0.05, 0.1) is 26.4 Å². The summed E-state index contributed by atoms with van der Waals surface area (Å²) in [7, 11) is 0. The molecule has 0 aliphatic heterocycles. The second kappa shape index (κ2) is 16.2. The number of hydrogen-bond acceptors (Lipinski definition) is 6. The summed E-state index contributed by atoms with van der Waals surface area (Å²) in [5.41, 5.74) is 17.7. The molecular weight excluding hydrogens is 500 g/mol. The first kappa shape index (κ1) is 29.1. The highest BCUT2D eigenvalue weighted by Gasteiger charge is 2.16. The highest BCUT2D eigenvalue weighted by Crippen LogP contribution is 2.37. The molecule has 40 heavy (non-hydrogen) atoms. The van der Waals surface area contributed by atoms with Gasteiger partial charge in [-0.3, -0.25) is 0 Å². The Bertz CT molecular complexity index is 1190. The maximum Gasteiger partial charge on any atom is 0.119 e. The summed E-state index contributed by atoms with van der Waals surface area (Å²) in [6.07, 6.45) is 0. The molecule has 6 heteroatoms. The van der Waals surface area contributed by atoms with E-state index >= 15 is 0 Å². The molecule has 0 radical (unpaired) electrons. The van der Waals surface area contributed by atoms with Gasteiger partial charge in [-0.15, -0.1) is 0 Å². The summed E-state index contributed by atoms with van der Waals surface area (Å²) in [5.74, 6) is 1.59. The molecule has 0 fully saturated rings. The lowest BCUT2D eigenvalue weighted by Gasteiger charge is -2.19. The van der Waals surface area contributed by atoms with Crippen LogP contribution in [0.4, 0.5) is 0 Å². The first-order valence-corrected chi connectivity index (χ1v) is 13.7. The van der Waals surface area contributed by atoms with Gasteiger partial charge in [-0.1, -0.05) is 84.9 Å². The van der Waals surface area contributed by atoms with Gasteiger partial charge >= 0.3 is 0 Å². The van der Waals surface area contributed by atoms with Crippen LogP contribution >= 0.6 is 0 Å². The van der Waals surface area contributed by atoms with E-state index in [4.69, 9.17) is 30.4 Å². The van der Waals surface area contributed by atoms with E-state index in [1.54, 1.807) is 0 Å². The van der Waals surface area contributed by atoms with Crippen molar-refractivity contribution in [2.24, 2.45) is 11.5 Å². The van der Waals surface area contributed by atoms with E-state index < -0.39 is 0 Å². The maximum absolute atomic E-state index is 5.88. The first-order chi connectivity index (χ1) is 19.8. The first-order valence-electron chi connectivity index (χ1n) is 13.7. The molecule has 0 aliphatic carbocycles. The average Bonchev–Trinajstić information content (AvgIpc) is 3.01. The van der Waals surface area contributed by atoms with Crippen LogP contribution in [0.25, 0.3) is 11.1 Å². The van der Waals surface area contributed by atoms with Crippen LogP contribution in [-0.4, -0.2) is 52.7 Å². The topological polar surface area (TPSA) is 89.0 Å². The molecule has 4 N–H and O–H groups in total. The standard InChI is InChI=1S/C34H38N2O4/c35-19-21-37-23-25-39-31-15-11-29(12-16-31)33(27-7-3-1-4-8-27)34(28-9-5-2-6-10-28)30-13-17-32(18-14-30)40-26-24-38-22-20-36/h1-18H,19-26,35-36H2/b34-33+. The van der Waals surface area contributed by atoms with Gasteiger partial charge in [-0.25, -0.2) is 0 Å². The zero-order chi connectivity index (χ0) is 27.8. The predicted molar refractivity (Wildman–Crippen MR) is 162 cm³/mol. The lowest BCUT2D eigenvalue weighted by molar-refractivity contribution is 0.106. The van der Waals surface area contributed by atoms with Crippen molar-refractivity contribution in [3.05, 3.63) is 131 Å². The molecule has 0 saturated carbocycles. The summed E-state index contributed by atoms with van der Waals surface area (Å²) >= 11 is 0. The van der Waals surface area contributed by atoms with Crippen molar-refractivity contribution < 1.29 is 18.9 Å². The minimum absolute atomic E-state index is 0.476. The van der Waals surface area contributed by atoms with E-state index in [-0.39, 0.29) is 0 Å². The molecule has 0 bridgehead atoms. The summed E-state index contributed by atoms with van der Waals surface area (Å²) in [4.78, 5) is 0. The third-order valence-corrected chi connectivity index (χ3v) is 6.18. The van der Waals surface area contributed by atoms with Crippen LogP contribution in [0.1, 0.15) is 22.3 Å². The van der Waals surface area contributed by atoms with Gasteiger partial charge < -0.3 is 30.4 Å². The normalized spacial score (nSPS) is 11.7. The number of hydrogen-bond donors (Lipinski definition) is 2. The highest BCUT2D eigenvalue weighted by molar-refractivity contribution is 6.04. The molecule has 0 saturated heterocycles. The van der Waals surface area contributed by atoms with Crippen LogP contribution in [0.5, 0.6) is 11.5 Å². The molecule has 0 heterocycles. The Morgan fingerprint density at radius 2 is 0.750 bits per heavy atom. The second-order valence-electron chi connectivity index (χ2n) is 9.03. The maximum atomic E-state index is 5.88. The Morgan fingerprint density at radius 3 is 1.10 bits per heavy atom. The summed E-state index contributed by atoms with van der Waals surface area (Å²) < 4.78 is 22.6. The van der Waals surface area contributed by atoms with Crippen LogP contribution in [0, 0.1) is 0 Å². The molecule has 4 aromatic carbocycles. The number of ether oxygens (including phenoxy) is 4. The van der Waals surface area contributed by atoms with E-state index in [9.17, 15) is 0 Å². The number of nitrogens with two attached hydrogens (primary N) is 2. The lowest BCUT2D eigenvalue weighted by Crippen LogP contribution is -2.13. The van der Waals surface area contributed by atoms with Gasteiger partial charge in [0.15, 0.2) is 0 Å². The van der Waals surface area contributed by atoms with Crippen molar-refractivity contribution in [1.82, 2.24) is 0 Å². The van der Waals surface area contributed by atoms with Crippen LogP contribution in [0.3, 0.4) is 0 Å². The van der Waals surface area contributed by atoms with E-state index in [2.05, 4.69) is 72.8 Å². The van der Waals surface area contributed by atoms with Crippen molar-refractivity contribution in [3.63, 3.8) is 0 Å². The Kier molecular flexibility index (Phi) is 11.8. The summed E-state index contributed by atoms with van der Waals surface area (Å²) in [6, 6.07) is 37.4. The Hall–Kier alpha value is -3.94. The molecule has 0 atom stereocenters. The van der Waals surface area contributed by atoms with Crippen LogP contribution in [-0.2, 0) is 9.47 Å². The van der Waals surface area contributed by atoms with Gasteiger partial charge in [0.2, 0.25) is 0 Å². The second-order valence-corrected chi connectivity index (χ2v) is 9.03. The zero-order valence-corrected chi connectivity index (χ0v) is 22.8. The minimum Gasteiger partial charge on any atom is -0.491 e. The fourth-order valence-corrected chi connectivity index (χ4v) is 4.36. The molecule has 0 aromatic heterocycles. The van der Waals surface area contributed by atoms with Crippen molar-refractivity contribution in [3.8, 4) is 11.5 Å². The molecule has 0 spiro atoms. The van der Waals surface area contributed by atoms with Crippen molar-refractivity contribution >= 4 is 11.1 Å². The van der Waals surface area contributed by atoms with Crippen LogP contribution in [0.15, 0.2) is 109 Å². The molecule has 4 aromatic rings. The monoisotopic (exact) mass is 538 g/mol. The van der Waals surface area contributed by atoms with Crippen molar-refractivity contribution in [2.45, 2.75) is 0 Å². The molecule has 208 valence electrons. The molecular formula is C34H38N2O4. The van der Waals surface area contributed by atoms with Gasteiger partial charge in [-0.05, 0) is 57.7 Å².